The molecule has 5 rings (SSSR count). The molecular formula is C27H19F2N5O2. The minimum atomic E-state index is -0.656. The lowest BCUT2D eigenvalue weighted by Crippen LogP contribution is -2.19. The Kier molecular flexibility index (Phi) is 6.19. The molecule has 36 heavy (non-hydrogen) atoms. The molecule has 178 valence electrons. The van der Waals surface area contributed by atoms with Gasteiger partial charge in [0, 0.05) is 47.0 Å². The lowest BCUT2D eigenvalue weighted by molar-refractivity contribution is 0.262. The number of anilines is 2. The Morgan fingerprint density at radius 1 is 0.778 bits per heavy atom. The fraction of sp³-hybridized carbons (Fsp3) is 0.0370. The molecule has 2 heterocycles. The van der Waals surface area contributed by atoms with Crippen LogP contribution in [0.15, 0.2) is 85.2 Å². The largest absolute Gasteiger partial charge is 0.457 e. The van der Waals surface area contributed by atoms with Crippen molar-refractivity contribution in [2.75, 3.05) is 10.6 Å². The van der Waals surface area contributed by atoms with Gasteiger partial charge in [-0.15, -0.1) is 0 Å². The molecular weight excluding hydrogens is 464 g/mol. The van der Waals surface area contributed by atoms with Crippen LogP contribution in [0.5, 0.6) is 11.5 Å². The first-order valence-electron chi connectivity index (χ1n) is 10.9. The van der Waals surface area contributed by atoms with Crippen molar-refractivity contribution in [2.45, 2.75) is 6.92 Å². The Labute approximate surface area is 204 Å². The van der Waals surface area contributed by atoms with Crippen molar-refractivity contribution in [2.24, 2.45) is 0 Å². The second kappa shape index (κ2) is 9.75. The zero-order chi connectivity index (χ0) is 25.1. The number of carbonyl (C=O) groups is 1. The summed E-state index contributed by atoms with van der Waals surface area (Å²) in [6, 6.07) is 17.5. The van der Waals surface area contributed by atoms with Gasteiger partial charge in [0.25, 0.3) is 0 Å². The third kappa shape index (κ3) is 5.41. The fourth-order valence-corrected chi connectivity index (χ4v) is 3.50. The minimum absolute atomic E-state index is 0.161. The summed E-state index contributed by atoms with van der Waals surface area (Å²) in [5.74, 6) is -0.515. The number of hydrogen-bond donors (Lipinski definition) is 2. The van der Waals surface area contributed by atoms with Gasteiger partial charge in [0.2, 0.25) is 0 Å². The number of rotatable bonds is 5. The van der Waals surface area contributed by atoms with Crippen LogP contribution in [0, 0.1) is 18.6 Å². The van der Waals surface area contributed by atoms with Gasteiger partial charge in [-0.1, -0.05) is 6.07 Å². The normalized spacial score (nSPS) is 10.8. The van der Waals surface area contributed by atoms with E-state index in [0.717, 1.165) is 17.3 Å². The predicted octanol–water partition coefficient (Wildman–Crippen LogP) is 6.71. The molecule has 2 N–H and O–H groups in total. The Balaban J connectivity index is 1.34. The quantitative estimate of drug-likeness (QED) is 0.290. The summed E-state index contributed by atoms with van der Waals surface area (Å²) in [4.78, 5) is 25.6. The van der Waals surface area contributed by atoms with Gasteiger partial charge in [0.05, 0.1) is 22.9 Å². The molecule has 0 radical (unpaired) electrons. The monoisotopic (exact) mass is 483 g/mol. The van der Waals surface area contributed by atoms with Crippen LogP contribution in [0.1, 0.15) is 5.69 Å². The lowest BCUT2D eigenvalue weighted by atomic mass is 10.2. The maximum Gasteiger partial charge on any atom is 0.323 e. The summed E-state index contributed by atoms with van der Waals surface area (Å²) < 4.78 is 33.4. The zero-order valence-corrected chi connectivity index (χ0v) is 19.0. The van der Waals surface area contributed by atoms with E-state index in [1.54, 1.807) is 30.6 Å². The van der Waals surface area contributed by atoms with Crippen LogP contribution in [-0.2, 0) is 0 Å². The van der Waals surface area contributed by atoms with Gasteiger partial charge in [0.15, 0.2) is 0 Å². The van der Waals surface area contributed by atoms with Gasteiger partial charge in [0.1, 0.15) is 23.1 Å². The average Bonchev–Trinajstić information content (AvgIpc) is 2.83. The van der Waals surface area contributed by atoms with E-state index >= 15 is 0 Å². The molecule has 0 atom stereocenters. The summed E-state index contributed by atoms with van der Waals surface area (Å²) in [6.45, 7) is 1.91. The van der Waals surface area contributed by atoms with Gasteiger partial charge >= 0.3 is 6.03 Å². The number of fused-ring (bicyclic) bond motifs is 1. The number of urea groups is 1. The first-order chi connectivity index (χ1) is 17.4. The number of pyridine rings is 1. The maximum atomic E-state index is 14.3. The Morgan fingerprint density at radius 3 is 2.42 bits per heavy atom. The third-order valence-corrected chi connectivity index (χ3v) is 5.17. The van der Waals surface area contributed by atoms with Crippen molar-refractivity contribution in [1.82, 2.24) is 15.0 Å². The number of ether oxygens (including phenoxy) is 1. The molecule has 7 nitrogen and oxygen atoms in total. The number of halogens is 2. The molecule has 3 aromatic carbocycles. The highest BCUT2D eigenvalue weighted by atomic mass is 19.1. The second-order valence-corrected chi connectivity index (χ2v) is 7.96. The number of amides is 2. The van der Waals surface area contributed by atoms with E-state index in [0.29, 0.717) is 22.5 Å². The topological polar surface area (TPSA) is 89.0 Å². The molecule has 0 aliphatic rings. The highest BCUT2D eigenvalue weighted by Gasteiger charge is 2.10. The standard InChI is InChI=1S/C27H19F2N5O2/c1-16-5-6-17(14-30-16)26-15-31-24-8-7-22(13-25(24)34-26)36-23-11-19(29)10-21(12-23)33-27(35)32-20-4-2-3-18(28)9-20/h2-15H,1H3,(H2,32,33,35). The van der Waals surface area contributed by atoms with Gasteiger partial charge in [-0.3, -0.25) is 9.97 Å². The van der Waals surface area contributed by atoms with E-state index in [1.165, 1.54) is 36.4 Å². The Morgan fingerprint density at radius 2 is 1.61 bits per heavy atom. The van der Waals surface area contributed by atoms with Gasteiger partial charge in [-0.25, -0.2) is 18.6 Å². The lowest BCUT2D eigenvalue weighted by Gasteiger charge is -2.11. The van der Waals surface area contributed by atoms with Crippen molar-refractivity contribution < 1.29 is 18.3 Å². The number of hydrogen-bond acceptors (Lipinski definition) is 5. The highest BCUT2D eigenvalue weighted by Crippen LogP contribution is 2.28. The van der Waals surface area contributed by atoms with Crippen molar-refractivity contribution >= 4 is 28.4 Å². The van der Waals surface area contributed by atoms with E-state index in [-0.39, 0.29) is 17.1 Å². The van der Waals surface area contributed by atoms with E-state index in [1.807, 2.05) is 19.1 Å². The van der Waals surface area contributed by atoms with Crippen LogP contribution >= 0.6 is 0 Å². The summed E-state index contributed by atoms with van der Waals surface area (Å²) >= 11 is 0. The molecule has 0 spiro atoms. The number of aromatic nitrogens is 3. The van der Waals surface area contributed by atoms with E-state index in [2.05, 4.69) is 25.6 Å². The van der Waals surface area contributed by atoms with Gasteiger partial charge in [-0.05, 0) is 55.5 Å². The smallest absolute Gasteiger partial charge is 0.323 e. The van der Waals surface area contributed by atoms with Crippen molar-refractivity contribution in [3.8, 4) is 22.8 Å². The number of benzene rings is 3. The van der Waals surface area contributed by atoms with Crippen molar-refractivity contribution in [1.29, 1.82) is 0 Å². The maximum absolute atomic E-state index is 14.3. The predicted molar refractivity (Wildman–Crippen MR) is 133 cm³/mol. The number of aryl methyl sites for hydroxylation is 1. The molecule has 0 aliphatic heterocycles. The second-order valence-electron chi connectivity index (χ2n) is 7.96. The molecule has 0 saturated heterocycles. The average molecular weight is 483 g/mol. The SMILES string of the molecule is Cc1ccc(-c2cnc3ccc(Oc4cc(F)cc(NC(=O)Nc5cccc(F)c5)c4)cc3n2)cn1. The summed E-state index contributed by atoms with van der Waals surface area (Å²) in [5, 5.41) is 5.00. The van der Waals surface area contributed by atoms with Crippen molar-refractivity contribution in [3.05, 3.63) is 103 Å². The van der Waals surface area contributed by atoms with E-state index in [4.69, 9.17) is 4.74 Å². The van der Waals surface area contributed by atoms with Crippen LogP contribution in [0.3, 0.4) is 0 Å². The van der Waals surface area contributed by atoms with Gasteiger partial charge < -0.3 is 15.4 Å². The summed E-state index contributed by atoms with van der Waals surface area (Å²) in [5.41, 5.74) is 4.08. The van der Waals surface area contributed by atoms with Crippen molar-refractivity contribution in [3.63, 3.8) is 0 Å². The Hall–Kier alpha value is -4.92. The fourth-order valence-electron chi connectivity index (χ4n) is 3.50. The molecule has 0 unspecified atom stereocenters. The number of nitrogens with zero attached hydrogens (tertiary/aromatic N) is 3. The molecule has 0 bridgehead atoms. The minimum Gasteiger partial charge on any atom is -0.457 e. The highest BCUT2D eigenvalue weighted by molar-refractivity contribution is 5.99. The summed E-state index contributed by atoms with van der Waals surface area (Å²) in [6.07, 6.45) is 3.41. The van der Waals surface area contributed by atoms with Crippen LogP contribution < -0.4 is 15.4 Å². The zero-order valence-electron chi connectivity index (χ0n) is 19.0. The molecule has 0 fully saturated rings. The van der Waals surface area contributed by atoms with Crippen LogP contribution in [0.25, 0.3) is 22.3 Å². The Bertz CT molecular complexity index is 1580. The molecule has 0 aliphatic carbocycles. The molecule has 9 heteroatoms. The number of carbonyl (C=O) groups excluding carboxylic acids is 1. The van der Waals surface area contributed by atoms with Crippen LogP contribution in [0.4, 0.5) is 25.0 Å². The van der Waals surface area contributed by atoms with Gasteiger partial charge in [-0.2, -0.15) is 0 Å². The first-order valence-corrected chi connectivity index (χ1v) is 10.9. The van der Waals surface area contributed by atoms with Crippen LogP contribution in [-0.4, -0.2) is 21.0 Å². The molecule has 2 amide bonds. The van der Waals surface area contributed by atoms with Crippen LogP contribution in [0.2, 0.25) is 0 Å². The van der Waals surface area contributed by atoms with E-state index < -0.39 is 17.7 Å². The first kappa shape index (κ1) is 22.9. The molecule has 5 aromatic rings. The molecule has 2 aromatic heterocycles. The number of nitrogens with one attached hydrogen (secondary N) is 2. The third-order valence-electron chi connectivity index (χ3n) is 5.17. The summed E-state index contributed by atoms with van der Waals surface area (Å²) in [7, 11) is 0. The van der Waals surface area contributed by atoms with E-state index in [9.17, 15) is 13.6 Å². The molecule has 0 saturated carbocycles.